The second kappa shape index (κ2) is 10.3. The van der Waals surface area contributed by atoms with Crippen LogP contribution in [0.15, 0.2) is 72.3 Å². The van der Waals surface area contributed by atoms with Gasteiger partial charge in [-0.1, -0.05) is 35.9 Å². The van der Waals surface area contributed by atoms with Crippen LogP contribution in [0.5, 0.6) is 5.75 Å². The molecule has 1 saturated heterocycles. The number of carbonyl (C=O) groups is 3. The third kappa shape index (κ3) is 4.98. The molecule has 1 aliphatic rings. The minimum atomic E-state index is -0.904. The summed E-state index contributed by atoms with van der Waals surface area (Å²) < 4.78 is 10.6. The summed E-state index contributed by atoms with van der Waals surface area (Å²) in [7, 11) is 1.55. The summed E-state index contributed by atoms with van der Waals surface area (Å²) in [6.07, 6.45) is -0.314. The summed E-state index contributed by atoms with van der Waals surface area (Å²) in [6.45, 7) is 7.23. The highest BCUT2D eigenvalue weighted by Gasteiger charge is 2.47. The van der Waals surface area contributed by atoms with E-state index < -0.39 is 23.7 Å². The van der Waals surface area contributed by atoms with E-state index in [2.05, 4.69) is 0 Å². The smallest absolute Gasteiger partial charge is 0.338 e. The molecule has 1 amide bonds. The molecule has 7 heteroatoms. The van der Waals surface area contributed by atoms with Gasteiger partial charge in [-0.05, 0) is 75.2 Å². The van der Waals surface area contributed by atoms with Crippen molar-refractivity contribution in [3.63, 3.8) is 0 Å². The zero-order valence-corrected chi connectivity index (χ0v) is 21.4. The summed E-state index contributed by atoms with van der Waals surface area (Å²) in [5, 5.41) is 11.4. The van der Waals surface area contributed by atoms with Gasteiger partial charge in [0.15, 0.2) is 0 Å². The molecular formula is C30H29NO6. The van der Waals surface area contributed by atoms with Crippen LogP contribution in [0.4, 0.5) is 5.69 Å². The number of aliphatic hydroxyl groups excluding tert-OH is 1. The lowest BCUT2D eigenvalue weighted by molar-refractivity contribution is -0.132. The van der Waals surface area contributed by atoms with Gasteiger partial charge in [0, 0.05) is 11.3 Å². The van der Waals surface area contributed by atoms with Gasteiger partial charge in [0.25, 0.3) is 11.7 Å². The van der Waals surface area contributed by atoms with E-state index in [1.807, 2.05) is 32.0 Å². The fourth-order valence-electron chi connectivity index (χ4n) is 4.50. The lowest BCUT2D eigenvalue weighted by Gasteiger charge is -2.26. The van der Waals surface area contributed by atoms with Gasteiger partial charge >= 0.3 is 5.97 Å². The molecule has 1 aliphatic heterocycles. The zero-order chi connectivity index (χ0) is 26.9. The van der Waals surface area contributed by atoms with E-state index in [0.717, 1.165) is 11.1 Å². The Balaban J connectivity index is 1.90. The van der Waals surface area contributed by atoms with Crippen molar-refractivity contribution in [1.29, 1.82) is 0 Å². The predicted octanol–water partition coefficient (Wildman–Crippen LogP) is 5.50. The van der Waals surface area contributed by atoms with Crippen molar-refractivity contribution in [3.05, 3.63) is 100 Å². The number of rotatable bonds is 6. The fourth-order valence-corrected chi connectivity index (χ4v) is 4.50. The van der Waals surface area contributed by atoms with E-state index >= 15 is 0 Å². The Hall–Kier alpha value is -4.39. The van der Waals surface area contributed by atoms with Gasteiger partial charge in [-0.2, -0.15) is 0 Å². The number of hydrogen-bond donors (Lipinski definition) is 1. The number of aryl methyl sites for hydroxylation is 2. The topological polar surface area (TPSA) is 93.1 Å². The van der Waals surface area contributed by atoms with Gasteiger partial charge in [-0.15, -0.1) is 0 Å². The zero-order valence-electron chi connectivity index (χ0n) is 21.4. The average molecular weight is 500 g/mol. The number of methoxy groups -OCH3 is 1. The second-order valence-corrected chi connectivity index (χ2v) is 9.27. The number of carbonyl (C=O) groups excluding carboxylic acids is 3. The van der Waals surface area contributed by atoms with E-state index in [-0.39, 0.29) is 23.0 Å². The van der Waals surface area contributed by atoms with Crippen molar-refractivity contribution in [3.8, 4) is 5.75 Å². The summed E-state index contributed by atoms with van der Waals surface area (Å²) in [5.74, 6) is -1.79. The van der Waals surface area contributed by atoms with Crippen LogP contribution in [-0.4, -0.2) is 36.0 Å². The number of nitrogens with zero attached hydrogens (tertiary/aromatic N) is 1. The molecule has 0 aromatic heterocycles. The van der Waals surface area contributed by atoms with Crippen molar-refractivity contribution in [2.45, 2.75) is 39.8 Å². The van der Waals surface area contributed by atoms with Crippen LogP contribution in [0, 0.1) is 13.8 Å². The molecule has 1 fully saturated rings. The largest absolute Gasteiger partial charge is 0.507 e. The Morgan fingerprint density at radius 3 is 2.32 bits per heavy atom. The Kier molecular flexibility index (Phi) is 7.16. The van der Waals surface area contributed by atoms with Crippen molar-refractivity contribution < 1.29 is 29.0 Å². The van der Waals surface area contributed by atoms with Gasteiger partial charge in [0.05, 0.1) is 30.4 Å². The van der Waals surface area contributed by atoms with Crippen LogP contribution < -0.4 is 9.64 Å². The Bertz CT molecular complexity index is 1420. The summed E-state index contributed by atoms with van der Waals surface area (Å²) in [6, 6.07) is 18.0. The first-order chi connectivity index (χ1) is 17.6. The van der Waals surface area contributed by atoms with E-state index in [0.29, 0.717) is 22.6 Å². The highest BCUT2D eigenvalue weighted by molar-refractivity contribution is 6.51. The van der Waals surface area contributed by atoms with Crippen molar-refractivity contribution >= 4 is 29.1 Å². The number of aliphatic hydroxyl groups is 1. The SMILES string of the molecule is COc1ccc(/C(O)=C2\C(=O)C(=O)N(c3cccc(C(=O)OC(C)C)c3)C2c2cccc(C)c2)cc1C. The predicted molar refractivity (Wildman–Crippen MR) is 141 cm³/mol. The van der Waals surface area contributed by atoms with Crippen LogP contribution in [-0.2, 0) is 14.3 Å². The second-order valence-electron chi connectivity index (χ2n) is 9.27. The maximum Gasteiger partial charge on any atom is 0.338 e. The van der Waals surface area contributed by atoms with Gasteiger partial charge < -0.3 is 14.6 Å². The lowest BCUT2D eigenvalue weighted by Crippen LogP contribution is -2.29. The number of anilines is 1. The highest BCUT2D eigenvalue weighted by Crippen LogP contribution is 2.42. The van der Waals surface area contributed by atoms with Gasteiger partial charge in [0.2, 0.25) is 0 Å². The summed E-state index contributed by atoms with van der Waals surface area (Å²) in [5.41, 5.74) is 3.31. The third-order valence-corrected chi connectivity index (χ3v) is 6.17. The Morgan fingerprint density at radius 1 is 0.946 bits per heavy atom. The molecule has 0 aliphatic carbocycles. The molecule has 4 rings (SSSR count). The van der Waals surface area contributed by atoms with Crippen LogP contribution in [0.3, 0.4) is 0 Å². The molecule has 1 N–H and O–H groups in total. The number of benzene rings is 3. The van der Waals surface area contributed by atoms with E-state index in [1.54, 1.807) is 63.4 Å². The first kappa shape index (κ1) is 25.7. The number of hydrogen-bond acceptors (Lipinski definition) is 6. The van der Waals surface area contributed by atoms with Gasteiger partial charge in [-0.3, -0.25) is 14.5 Å². The minimum absolute atomic E-state index is 0.0321. The van der Waals surface area contributed by atoms with Crippen LogP contribution in [0.1, 0.15) is 52.5 Å². The summed E-state index contributed by atoms with van der Waals surface area (Å²) in [4.78, 5) is 40.7. The number of Topliss-reactive ketones (excluding diaryl/α,β-unsaturated/α-hetero) is 1. The normalized spacial score (nSPS) is 16.8. The first-order valence-electron chi connectivity index (χ1n) is 12.0. The Morgan fingerprint density at radius 2 is 1.68 bits per heavy atom. The van der Waals surface area contributed by atoms with Crippen molar-refractivity contribution in [2.75, 3.05) is 12.0 Å². The molecule has 0 radical (unpaired) electrons. The first-order valence-corrected chi connectivity index (χ1v) is 12.0. The number of ketones is 1. The number of amides is 1. The number of ether oxygens (including phenoxy) is 2. The molecule has 0 saturated carbocycles. The van der Waals surface area contributed by atoms with Crippen LogP contribution in [0.25, 0.3) is 5.76 Å². The van der Waals surface area contributed by atoms with Crippen molar-refractivity contribution in [2.24, 2.45) is 0 Å². The molecule has 0 bridgehead atoms. The van der Waals surface area contributed by atoms with E-state index in [1.165, 1.54) is 11.0 Å². The van der Waals surface area contributed by atoms with Crippen LogP contribution >= 0.6 is 0 Å². The quantitative estimate of drug-likeness (QED) is 0.208. The molecule has 190 valence electrons. The molecule has 3 aromatic carbocycles. The molecule has 0 spiro atoms. The third-order valence-electron chi connectivity index (χ3n) is 6.17. The molecule has 1 heterocycles. The lowest BCUT2D eigenvalue weighted by atomic mass is 9.93. The van der Waals surface area contributed by atoms with E-state index in [4.69, 9.17) is 9.47 Å². The average Bonchev–Trinajstić information content (AvgIpc) is 3.13. The van der Waals surface area contributed by atoms with Crippen LogP contribution in [0.2, 0.25) is 0 Å². The molecule has 1 unspecified atom stereocenters. The maximum atomic E-state index is 13.4. The molecule has 3 aromatic rings. The monoisotopic (exact) mass is 499 g/mol. The molecule has 1 atom stereocenters. The minimum Gasteiger partial charge on any atom is -0.507 e. The maximum absolute atomic E-state index is 13.4. The molecule has 7 nitrogen and oxygen atoms in total. The molecule has 37 heavy (non-hydrogen) atoms. The standard InChI is InChI=1S/C30H29NO6/c1-17(2)37-30(35)22-10-7-11-23(16-22)31-26(20-9-6-8-18(3)14-20)25(28(33)29(31)34)27(32)21-12-13-24(36-5)19(4)15-21/h6-17,26,32H,1-5H3/b27-25+. The Labute approximate surface area is 215 Å². The van der Waals surface area contributed by atoms with Gasteiger partial charge in [0.1, 0.15) is 11.5 Å². The number of esters is 1. The van der Waals surface area contributed by atoms with Gasteiger partial charge in [-0.25, -0.2) is 4.79 Å². The highest BCUT2D eigenvalue weighted by atomic mass is 16.5. The molecular weight excluding hydrogens is 470 g/mol. The van der Waals surface area contributed by atoms with Crippen molar-refractivity contribution in [1.82, 2.24) is 0 Å². The fraction of sp³-hybridized carbons (Fsp3) is 0.233. The summed E-state index contributed by atoms with van der Waals surface area (Å²) >= 11 is 0. The van der Waals surface area contributed by atoms with E-state index in [9.17, 15) is 19.5 Å².